The van der Waals surface area contributed by atoms with Crippen molar-refractivity contribution >= 4 is 28.5 Å². The lowest BCUT2D eigenvalue weighted by Gasteiger charge is -2.26. The van der Waals surface area contributed by atoms with E-state index in [1.54, 1.807) is 41.3 Å². The van der Waals surface area contributed by atoms with Gasteiger partial charge in [0.1, 0.15) is 5.58 Å². The molecule has 0 N–H and O–H groups in total. The fraction of sp³-hybridized carbons (Fsp3) is 0.290. The molecule has 0 saturated carbocycles. The van der Waals surface area contributed by atoms with E-state index in [-0.39, 0.29) is 23.6 Å². The van der Waals surface area contributed by atoms with Crippen LogP contribution in [0.5, 0.6) is 11.5 Å². The Morgan fingerprint density at radius 3 is 2.47 bits per heavy atom. The molecule has 4 aromatic rings. The van der Waals surface area contributed by atoms with Gasteiger partial charge >= 0.3 is 0 Å². The van der Waals surface area contributed by atoms with Gasteiger partial charge in [0, 0.05) is 11.6 Å². The maximum absolute atomic E-state index is 13.8. The fourth-order valence-electron chi connectivity index (χ4n) is 4.75. The Balaban J connectivity index is 1.62. The number of para-hydroxylation sites is 1. The number of amides is 1. The van der Waals surface area contributed by atoms with Crippen LogP contribution >= 0.6 is 11.6 Å². The van der Waals surface area contributed by atoms with Crippen molar-refractivity contribution < 1.29 is 18.7 Å². The van der Waals surface area contributed by atoms with Crippen LogP contribution in [0.25, 0.3) is 11.0 Å². The first kappa shape index (κ1) is 25.9. The van der Waals surface area contributed by atoms with Gasteiger partial charge < -0.3 is 18.8 Å². The molecule has 0 fully saturated rings. The zero-order valence-corrected chi connectivity index (χ0v) is 22.5. The molecule has 1 amide bonds. The molecular formula is C31H30ClNO5. The van der Waals surface area contributed by atoms with E-state index in [1.807, 2.05) is 37.3 Å². The smallest absolute Gasteiger partial charge is 0.291 e. The van der Waals surface area contributed by atoms with Crippen molar-refractivity contribution in [3.8, 4) is 11.5 Å². The van der Waals surface area contributed by atoms with E-state index < -0.39 is 6.04 Å². The summed E-state index contributed by atoms with van der Waals surface area (Å²) in [6.07, 6.45) is 0.917. The van der Waals surface area contributed by atoms with Gasteiger partial charge in [-0.15, -0.1) is 0 Å². The number of nitrogens with zero attached hydrogens (tertiary/aromatic N) is 1. The third kappa shape index (κ3) is 5.01. The van der Waals surface area contributed by atoms with E-state index in [2.05, 4.69) is 13.8 Å². The molecule has 196 valence electrons. The molecule has 7 heteroatoms. The second-order valence-corrected chi connectivity index (χ2v) is 10.2. The number of carbonyl (C=O) groups excluding carboxylic acids is 1. The number of benzene rings is 3. The van der Waals surface area contributed by atoms with Gasteiger partial charge in [-0.1, -0.05) is 55.8 Å². The van der Waals surface area contributed by atoms with Gasteiger partial charge in [-0.25, -0.2) is 0 Å². The number of halogens is 1. The van der Waals surface area contributed by atoms with Crippen LogP contribution in [0.4, 0.5) is 0 Å². The van der Waals surface area contributed by atoms with Gasteiger partial charge in [0.05, 0.1) is 30.2 Å². The van der Waals surface area contributed by atoms with Gasteiger partial charge in [0.2, 0.25) is 5.76 Å². The Morgan fingerprint density at radius 1 is 0.974 bits per heavy atom. The molecule has 0 radical (unpaired) electrons. The predicted molar refractivity (Wildman–Crippen MR) is 148 cm³/mol. The van der Waals surface area contributed by atoms with Crippen molar-refractivity contribution in [1.82, 2.24) is 4.90 Å². The first-order valence-electron chi connectivity index (χ1n) is 12.9. The summed E-state index contributed by atoms with van der Waals surface area (Å²) in [7, 11) is 0. The molecule has 3 aromatic carbocycles. The number of hydrogen-bond acceptors (Lipinski definition) is 5. The zero-order valence-electron chi connectivity index (χ0n) is 21.7. The molecule has 1 aliphatic heterocycles. The molecule has 6 nitrogen and oxygen atoms in total. The average molecular weight is 532 g/mol. The minimum absolute atomic E-state index is 0.0721. The highest BCUT2D eigenvalue weighted by molar-refractivity contribution is 6.30. The minimum Gasteiger partial charge on any atom is -0.490 e. The molecule has 5 rings (SSSR count). The summed E-state index contributed by atoms with van der Waals surface area (Å²) in [5.74, 6) is 1.46. The van der Waals surface area contributed by atoms with Crippen molar-refractivity contribution in [2.75, 3.05) is 13.2 Å². The van der Waals surface area contributed by atoms with E-state index in [0.29, 0.717) is 52.2 Å². The molecule has 1 atom stereocenters. The van der Waals surface area contributed by atoms with Gasteiger partial charge in [-0.05, 0) is 66.8 Å². The average Bonchev–Trinajstić information content (AvgIpc) is 3.18. The number of carbonyl (C=O) groups is 1. The Labute approximate surface area is 226 Å². The van der Waals surface area contributed by atoms with E-state index in [9.17, 15) is 9.59 Å². The van der Waals surface area contributed by atoms with Crippen LogP contribution in [0.3, 0.4) is 0 Å². The van der Waals surface area contributed by atoms with E-state index in [0.717, 1.165) is 17.5 Å². The van der Waals surface area contributed by atoms with E-state index >= 15 is 0 Å². The maximum atomic E-state index is 13.8. The Morgan fingerprint density at radius 2 is 1.74 bits per heavy atom. The Bertz CT molecular complexity index is 1530. The monoisotopic (exact) mass is 531 g/mol. The topological polar surface area (TPSA) is 69.0 Å². The summed E-state index contributed by atoms with van der Waals surface area (Å²) >= 11 is 6.09. The number of rotatable bonds is 9. The van der Waals surface area contributed by atoms with Crippen LogP contribution in [0.15, 0.2) is 75.9 Å². The maximum Gasteiger partial charge on any atom is 0.291 e. The highest BCUT2D eigenvalue weighted by Gasteiger charge is 2.43. The molecule has 1 aliphatic rings. The molecule has 0 bridgehead atoms. The number of fused-ring (bicyclic) bond motifs is 2. The van der Waals surface area contributed by atoms with Crippen molar-refractivity contribution in [2.45, 2.75) is 39.8 Å². The second kappa shape index (κ2) is 10.9. The lowest BCUT2D eigenvalue weighted by Crippen LogP contribution is -2.29. The lowest BCUT2D eigenvalue weighted by atomic mass is 9.97. The van der Waals surface area contributed by atoms with Gasteiger partial charge in [0.15, 0.2) is 16.9 Å². The summed E-state index contributed by atoms with van der Waals surface area (Å²) in [6.45, 7) is 7.50. The third-order valence-corrected chi connectivity index (χ3v) is 6.93. The van der Waals surface area contributed by atoms with Gasteiger partial charge in [-0.3, -0.25) is 9.59 Å². The van der Waals surface area contributed by atoms with Crippen LogP contribution in [0, 0.1) is 5.92 Å². The number of ether oxygens (including phenoxy) is 2. The standard InChI is InChI=1S/C31H30ClNO5/c1-4-36-26-17-21(11-14-25(26)37-16-15-19(2)3)28-27-29(34)23-7-5-6-8-24(23)38-30(27)31(35)33(28)18-20-9-12-22(32)13-10-20/h5-14,17,19,28H,4,15-16,18H2,1-3H3. The largest absolute Gasteiger partial charge is 0.490 e. The molecule has 38 heavy (non-hydrogen) atoms. The molecule has 2 heterocycles. The van der Waals surface area contributed by atoms with Crippen LogP contribution in [-0.4, -0.2) is 24.0 Å². The van der Waals surface area contributed by atoms with Gasteiger partial charge in [0.25, 0.3) is 5.91 Å². The van der Waals surface area contributed by atoms with Crippen LogP contribution < -0.4 is 14.9 Å². The molecule has 0 saturated heterocycles. The summed E-state index contributed by atoms with van der Waals surface area (Å²) in [5, 5.41) is 1.05. The molecular weight excluding hydrogens is 502 g/mol. The number of hydrogen-bond donors (Lipinski definition) is 0. The molecule has 1 aromatic heterocycles. The fourth-order valence-corrected chi connectivity index (χ4v) is 4.88. The quantitative estimate of drug-likeness (QED) is 0.232. The Hall–Kier alpha value is -3.77. The molecule has 0 spiro atoms. The van der Waals surface area contributed by atoms with Crippen molar-refractivity contribution in [3.05, 3.63) is 104 Å². The summed E-state index contributed by atoms with van der Waals surface area (Å²) < 4.78 is 18.0. The predicted octanol–water partition coefficient (Wildman–Crippen LogP) is 7.02. The molecule has 0 aliphatic carbocycles. The lowest BCUT2D eigenvalue weighted by molar-refractivity contribution is 0.0714. The van der Waals surface area contributed by atoms with Crippen molar-refractivity contribution in [2.24, 2.45) is 5.92 Å². The third-order valence-electron chi connectivity index (χ3n) is 6.68. The van der Waals surface area contributed by atoms with E-state index in [1.165, 1.54) is 0 Å². The van der Waals surface area contributed by atoms with Crippen molar-refractivity contribution in [3.63, 3.8) is 0 Å². The van der Waals surface area contributed by atoms with E-state index in [4.69, 9.17) is 25.5 Å². The van der Waals surface area contributed by atoms with Gasteiger partial charge in [-0.2, -0.15) is 0 Å². The highest BCUT2D eigenvalue weighted by Crippen LogP contribution is 2.42. The van der Waals surface area contributed by atoms with Crippen LogP contribution in [-0.2, 0) is 6.54 Å². The summed E-state index contributed by atoms with van der Waals surface area (Å²) in [5.41, 5.74) is 2.14. The highest BCUT2D eigenvalue weighted by atomic mass is 35.5. The molecule has 1 unspecified atom stereocenters. The SMILES string of the molecule is CCOc1cc(C2c3c(oc4ccccc4c3=O)C(=O)N2Cc2ccc(Cl)cc2)ccc1OCCC(C)C. The Kier molecular flexibility index (Phi) is 7.43. The minimum atomic E-state index is -0.655. The first-order valence-corrected chi connectivity index (χ1v) is 13.3. The van der Waals surface area contributed by atoms with Crippen LogP contribution in [0.2, 0.25) is 5.02 Å². The second-order valence-electron chi connectivity index (χ2n) is 9.80. The summed E-state index contributed by atoms with van der Waals surface area (Å²) in [6, 6.07) is 19.3. The first-order chi connectivity index (χ1) is 18.4. The normalized spacial score (nSPS) is 14.8. The van der Waals surface area contributed by atoms with Crippen molar-refractivity contribution in [1.29, 1.82) is 0 Å². The zero-order chi connectivity index (χ0) is 26.8. The van der Waals surface area contributed by atoms with Crippen LogP contribution in [0.1, 0.15) is 60.5 Å². The summed E-state index contributed by atoms with van der Waals surface area (Å²) in [4.78, 5) is 29.2.